The predicted octanol–water partition coefficient (Wildman–Crippen LogP) is 3.95. The average molecular weight is 297 g/mol. The largest absolute Gasteiger partial charge is 0.494 e. The lowest BCUT2D eigenvalue weighted by molar-refractivity contribution is -0.139. The van der Waals surface area contributed by atoms with Gasteiger partial charge in [0.15, 0.2) is 0 Å². The lowest BCUT2D eigenvalue weighted by Crippen LogP contribution is -2.09. The molecule has 3 atom stereocenters. The first-order valence-electron chi connectivity index (χ1n) is 7.08. The van der Waals surface area contributed by atoms with Gasteiger partial charge in [-0.3, -0.25) is 4.79 Å². The van der Waals surface area contributed by atoms with Crippen molar-refractivity contribution in [3.63, 3.8) is 0 Å². The molecule has 1 aliphatic carbocycles. The summed E-state index contributed by atoms with van der Waals surface area (Å²) >= 11 is 6.19. The Bertz CT molecular complexity index is 513. The van der Waals surface area contributed by atoms with Gasteiger partial charge in [0, 0.05) is 5.02 Å². The second-order valence-corrected chi connectivity index (χ2v) is 6.08. The summed E-state index contributed by atoms with van der Waals surface area (Å²) in [6.07, 6.45) is 1.60. The van der Waals surface area contributed by atoms with E-state index in [9.17, 15) is 4.79 Å². The monoisotopic (exact) mass is 296 g/mol. The van der Waals surface area contributed by atoms with E-state index in [4.69, 9.17) is 21.4 Å². The molecule has 3 nitrogen and oxygen atoms in total. The van der Waals surface area contributed by atoms with Crippen LogP contribution in [-0.2, 0) is 11.2 Å². The van der Waals surface area contributed by atoms with Crippen LogP contribution >= 0.6 is 11.6 Å². The van der Waals surface area contributed by atoms with Crippen LogP contribution in [0.2, 0.25) is 5.02 Å². The smallest absolute Gasteiger partial charge is 0.306 e. The molecular weight excluding hydrogens is 276 g/mol. The molecule has 0 amide bonds. The molecule has 1 fully saturated rings. The SMILES string of the molecule is CCOc1cc(C)c(Cl)cc1CC(C)C1CC1C(=O)O. The Morgan fingerprint density at radius 1 is 1.55 bits per heavy atom. The van der Waals surface area contributed by atoms with Gasteiger partial charge in [-0.15, -0.1) is 0 Å². The molecule has 0 aliphatic heterocycles. The molecule has 3 unspecified atom stereocenters. The molecule has 20 heavy (non-hydrogen) atoms. The van der Waals surface area contributed by atoms with Crippen LogP contribution in [0.1, 0.15) is 31.4 Å². The van der Waals surface area contributed by atoms with Gasteiger partial charge in [0.2, 0.25) is 0 Å². The second-order valence-electron chi connectivity index (χ2n) is 5.67. The highest BCUT2D eigenvalue weighted by atomic mass is 35.5. The predicted molar refractivity (Wildman–Crippen MR) is 79.5 cm³/mol. The molecule has 110 valence electrons. The summed E-state index contributed by atoms with van der Waals surface area (Å²) in [6, 6.07) is 3.92. The number of hydrogen-bond donors (Lipinski definition) is 1. The van der Waals surface area contributed by atoms with Gasteiger partial charge in [-0.25, -0.2) is 0 Å². The lowest BCUT2D eigenvalue weighted by Gasteiger charge is -2.16. The highest BCUT2D eigenvalue weighted by Gasteiger charge is 2.46. The zero-order valence-corrected chi connectivity index (χ0v) is 12.9. The molecular formula is C16H21ClO3. The minimum atomic E-state index is -0.672. The number of benzene rings is 1. The van der Waals surface area contributed by atoms with Crippen LogP contribution < -0.4 is 4.74 Å². The molecule has 1 saturated carbocycles. The first kappa shape index (κ1) is 15.2. The third-order valence-electron chi connectivity index (χ3n) is 4.07. The maximum absolute atomic E-state index is 11.0. The molecule has 0 saturated heterocycles. The van der Waals surface area contributed by atoms with Gasteiger partial charge in [-0.2, -0.15) is 0 Å². The van der Waals surface area contributed by atoms with Crippen LogP contribution in [0.25, 0.3) is 0 Å². The summed E-state index contributed by atoms with van der Waals surface area (Å²) in [7, 11) is 0. The van der Waals surface area contributed by atoms with Gasteiger partial charge in [0.1, 0.15) is 5.75 Å². The Hall–Kier alpha value is -1.22. The standard InChI is InChI=1S/C16H21ClO3/c1-4-20-15-6-10(3)14(17)7-11(15)5-9(2)12-8-13(12)16(18)19/h6-7,9,12-13H,4-5,8H2,1-3H3,(H,18,19). The molecule has 0 spiro atoms. The van der Waals surface area contributed by atoms with E-state index in [1.807, 2.05) is 26.0 Å². The first-order valence-corrected chi connectivity index (χ1v) is 7.46. The normalized spacial score (nSPS) is 22.4. The average Bonchev–Trinajstić information content (AvgIpc) is 3.16. The Balaban J connectivity index is 2.12. The van der Waals surface area contributed by atoms with Crippen molar-refractivity contribution in [2.45, 2.75) is 33.6 Å². The van der Waals surface area contributed by atoms with Crippen molar-refractivity contribution >= 4 is 17.6 Å². The fraction of sp³-hybridized carbons (Fsp3) is 0.562. The molecule has 1 N–H and O–H groups in total. The van der Waals surface area contributed by atoms with E-state index in [0.717, 1.165) is 34.7 Å². The molecule has 0 bridgehead atoms. The van der Waals surface area contributed by atoms with Crippen LogP contribution in [0.3, 0.4) is 0 Å². The highest BCUT2D eigenvalue weighted by molar-refractivity contribution is 6.31. The molecule has 0 aromatic heterocycles. The van der Waals surface area contributed by atoms with Gasteiger partial charge in [0.25, 0.3) is 0 Å². The van der Waals surface area contributed by atoms with Crippen molar-refractivity contribution in [1.82, 2.24) is 0 Å². The summed E-state index contributed by atoms with van der Waals surface area (Å²) in [4.78, 5) is 11.0. The van der Waals surface area contributed by atoms with Gasteiger partial charge < -0.3 is 9.84 Å². The van der Waals surface area contributed by atoms with Crippen molar-refractivity contribution in [2.24, 2.45) is 17.8 Å². The number of carboxylic acid groups (broad SMARTS) is 1. The van der Waals surface area contributed by atoms with E-state index in [2.05, 4.69) is 6.92 Å². The number of hydrogen-bond acceptors (Lipinski definition) is 2. The van der Waals surface area contributed by atoms with Crippen LogP contribution in [0.15, 0.2) is 12.1 Å². The molecule has 0 radical (unpaired) electrons. The Morgan fingerprint density at radius 3 is 2.80 bits per heavy atom. The summed E-state index contributed by atoms with van der Waals surface area (Å²) in [5.41, 5.74) is 2.08. The van der Waals surface area contributed by atoms with E-state index in [-0.39, 0.29) is 11.8 Å². The molecule has 1 aliphatic rings. The molecule has 2 rings (SSSR count). The van der Waals surface area contributed by atoms with E-state index < -0.39 is 5.97 Å². The van der Waals surface area contributed by atoms with E-state index in [1.165, 1.54) is 0 Å². The Kier molecular flexibility index (Phi) is 4.59. The maximum atomic E-state index is 11.0. The van der Waals surface area contributed by atoms with Crippen LogP contribution in [-0.4, -0.2) is 17.7 Å². The second kappa shape index (κ2) is 6.04. The number of aliphatic carboxylic acids is 1. The van der Waals surface area contributed by atoms with Gasteiger partial charge >= 0.3 is 5.97 Å². The third kappa shape index (κ3) is 3.26. The minimum absolute atomic E-state index is 0.165. The minimum Gasteiger partial charge on any atom is -0.494 e. The summed E-state index contributed by atoms with van der Waals surface area (Å²) in [5, 5.41) is 9.75. The topological polar surface area (TPSA) is 46.5 Å². The van der Waals surface area contributed by atoms with Crippen molar-refractivity contribution in [3.05, 3.63) is 28.3 Å². The third-order valence-corrected chi connectivity index (χ3v) is 4.48. The van der Waals surface area contributed by atoms with Crippen molar-refractivity contribution < 1.29 is 14.6 Å². The zero-order chi connectivity index (χ0) is 14.9. The Morgan fingerprint density at radius 2 is 2.25 bits per heavy atom. The van der Waals surface area contributed by atoms with Crippen molar-refractivity contribution in [2.75, 3.05) is 6.61 Å². The summed E-state index contributed by atoms with van der Waals surface area (Å²) < 4.78 is 5.67. The first-order chi connectivity index (χ1) is 9.43. The molecule has 1 aromatic rings. The molecule has 1 aromatic carbocycles. The number of aryl methyl sites for hydroxylation is 1. The van der Waals surface area contributed by atoms with Crippen molar-refractivity contribution in [3.8, 4) is 5.75 Å². The van der Waals surface area contributed by atoms with Gasteiger partial charge in [0.05, 0.1) is 12.5 Å². The van der Waals surface area contributed by atoms with E-state index in [1.54, 1.807) is 0 Å². The van der Waals surface area contributed by atoms with Gasteiger partial charge in [-0.1, -0.05) is 18.5 Å². The number of carboxylic acids is 1. The highest BCUT2D eigenvalue weighted by Crippen LogP contribution is 2.46. The Labute approximate surface area is 124 Å². The van der Waals surface area contributed by atoms with E-state index >= 15 is 0 Å². The summed E-state index contributed by atoms with van der Waals surface area (Å²) in [5.74, 6) is 0.639. The maximum Gasteiger partial charge on any atom is 0.306 e. The fourth-order valence-electron chi connectivity index (χ4n) is 2.77. The van der Waals surface area contributed by atoms with Crippen LogP contribution in [0.4, 0.5) is 0 Å². The van der Waals surface area contributed by atoms with Crippen LogP contribution in [0.5, 0.6) is 5.75 Å². The van der Waals surface area contributed by atoms with Crippen LogP contribution in [0, 0.1) is 24.7 Å². The quantitative estimate of drug-likeness (QED) is 0.864. The number of rotatable bonds is 6. The number of carbonyl (C=O) groups is 1. The molecule has 0 heterocycles. The lowest BCUT2D eigenvalue weighted by atomic mass is 9.94. The number of ether oxygens (including phenoxy) is 1. The van der Waals surface area contributed by atoms with Gasteiger partial charge in [-0.05, 0) is 61.8 Å². The fourth-order valence-corrected chi connectivity index (χ4v) is 2.96. The zero-order valence-electron chi connectivity index (χ0n) is 12.1. The van der Waals surface area contributed by atoms with Crippen molar-refractivity contribution in [1.29, 1.82) is 0 Å². The molecule has 4 heteroatoms. The number of halogens is 1. The van der Waals surface area contributed by atoms with E-state index in [0.29, 0.717) is 12.5 Å². The summed E-state index contributed by atoms with van der Waals surface area (Å²) in [6.45, 7) is 6.64.